The number of rotatable bonds is 9. The van der Waals surface area contributed by atoms with E-state index in [0.717, 1.165) is 19.6 Å². The lowest BCUT2D eigenvalue weighted by Gasteiger charge is -2.30. The van der Waals surface area contributed by atoms with Gasteiger partial charge in [0.15, 0.2) is 11.5 Å². The fourth-order valence-electron chi connectivity index (χ4n) is 4.25. The molecule has 0 aliphatic rings. The molecule has 0 unspecified atom stereocenters. The number of alkyl halides is 6. The van der Waals surface area contributed by atoms with Crippen LogP contribution in [0.2, 0.25) is 0 Å². The van der Waals surface area contributed by atoms with Gasteiger partial charge in [-0.05, 0) is 41.8 Å². The first-order chi connectivity index (χ1) is 19.4. The number of esters is 1. The third-order valence-electron chi connectivity index (χ3n) is 6.34. The summed E-state index contributed by atoms with van der Waals surface area (Å²) in [5.41, 5.74) is -1.03. The van der Waals surface area contributed by atoms with Crippen LogP contribution in [-0.4, -0.2) is 40.8 Å². The molecule has 1 heterocycles. The minimum absolute atomic E-state index is 0.00329. The van der Waals surface area contributed by atoms with Gasteiger partial charge in [0.1, 0.15) is 16.9 Å². The fourth-order valence-corrected chi connectivity index (χ4v) is 4.25. The maximum Gasteiger partial charge on any atom is 0.420 e. The molecular weight excluding hydrogens is 572 g/mol. The van der Waals surface area contributed by atoms with Crippen LogP contribution in [0.3, 0.4) is 0 Å². The molecule has 1 aromatic heterocycles. The molecule has 3 aromatic rings. The number of ether oxygens (including phenoxy) is 2. The number of benzene rings is 2. The Morgan fingerprint density at radius 2 is 1.50 bits per heavy atom. The molecule has 0 aliphatic carbocycles. The summed E-state index contributed by atoms with van der Waals surface area (Å²) in [5, 5.41) is 0.890. The Hall–Kier alpha value is -4.23. The fraction of sp³-hybridized carbons (Fsp3) is 0.393. The zero-order chi connectivity index (χ0) is 31.7. The quantitative estimate of drug-likeness (QED) is 0.118. The van der Waals surface area contributed by atoms with Gasteiger partial charge in [0.05, 0.1) is 12.8 Å². The van der Waals surface area contributed by atoms with Gasteiger partial charge in [0, 0.05) is 29.9 Å². The molecule has 2 aromatic carbocycles. The smallest absolute Gasteiger partial charge is 0.420 e. The molecule has 228 valence electrons. The molecule has 3 rings (SSSR count). The summed E-state index contributed by atoms with van der Waals surface area (Å²) in [6.45, 7) is 7.39. The van der Waals surface area contributed by atoms with E-state index >= 15 is 0 Å². The van der Waals surface area contributed by atoms with Gasteiger partial charge in [-0.25, -0.2) is 9.80 Å². The molecular formula is C28H29F6N3O5. The van der Waals surface area contributed by atoms with Crippen LogP contribution in [0.25, 0.3) is 10.9 Å². The lowest BCUT2D eigenvalue weighted by molar-refractivity contribution is -0.156. The van der Waals surface area contributed by atoms with Crippen LogP contribution in [0.15, 0.2) is 36.5 Å². The summed E-state index contributed by atoms with van der Waals surface area (Å²) in [7, 11) is 0.909. The Labute approximate surface area is 236 Å². The van der Waals surface area contributed by atoms with E-state index in [2.05, 4.69) is 15.1 Å². The molecule has 14 heteroatoms. The standard InChI is InChI=1S/C28H29F6N3O5/c1-13(2)19-12-35-22-8-7-17(11-18(19)22)42-25-20(27(29,30)31)9-16(10-21(25)28(32,33)34)36-37(15(5)38)23(26(40)41-6)24(39)14(3)4/h7-14,23,35-36H,1-6H3/t23-/m0/s1. The van der Waals surface area contributed by atoms with Crippen molar-refractivity contribution >= 4 is 34.3 Å². The normalized spacial score (nSPS) is 12.9. The summed E-state index contributed by atoms with van der Waals surface area (Å²) in [5.74, 6) is -5.81. The highest BCUT2D eigenvalue weighted by atomic mass is 19.4. The van der Waals surface area contributed by atoms with E-state index < -0.39 is 64.5 Å². The maximum atomic E-state index is 14.3. The van der Waals surface area contributed by atoms with Crippen molar-refractivity contribution in [3.8, 4) is 11.5 Å². The van der Waals surface area contributed by atoms with Crippen molar-refractivity contribution in [1.82, 2.24) is 9.99 Å². The molecule has 0 bridgehead atoms. The Balaban J connectivity index is 2.20. The van der Waals surface area contributed by atoms with E-state index in [1.54, 1.807) is 6.20 Å². The number of amides is 1. The molecule has 42 heavy (non-hydrogen) atoms. The van der Waals surface area contributed by atoms with E-state index in [4.69, 9.17) is 4.74 Å². The third-order valence-corrected chi connectivity index (χ3v) is 6.34. The minimum atomic E-state index is -5.36. The van der Waals surface area contributed by atoms with Gasteiger partial charge >= 0.3 is 18.3 Å². The number of fused-ring (bicyclic) bond motifs is 1. The highest BCUT2D eigenvalue weighted by Gasteiger charge is 2.44. The second-order valence-corrected chi connectivity index (χ2v) is 10.1. The number of hydrogen-bond acceptors (Lipinski definition) is 6. The van der Waals surface area contributed by atoms with Crippen LogP contribution in [-0.2, 0) is 31.5 Å². The molecule has 0 spiro atoms. The van der Waals surface area contributed by atoms with Gasteiger partial charge in [0.25, 0.3) is 0 Å². The van der Waals surface area contributed by atoms with E-state index in [1.165, 1.54) is 32.0 Å². The number of H-pyrrole nitrogens is 1. The number of aromatic nitrogens is 1. The number of hydrogen-bond donors (Lipinski definition) is 2. The summed E-state index contributed by atoms with van der Waals surface area (Å²) >= 11 is 0. The van der Waals surface area contributed by atoms with E-state index in [-0.39, 0.29) is 11.7 Å². The lowest BCUT2D eigenvalue weighted by Crippen LogP contribution is -2.53. The zero-order valence-corrected chi connectivity index (χ0v) is 23.5. The number of nitrogens with one attached hydrogen (secondary N) is 2. The number of carbonyl (C=O) groups is 3. The van der Waals surface area contributed by atoms with Gasteiger partial charge in [0.2, 0.25) is 11.9 Å². The molecule has 0 saturated heterocycles. The van der Waals surface area contributed by atoms with Crippen molar-refractivity contribution in [2.75, 3.05) is 12.5 Å². The Bertz CT molecular complexity index is 1460. The van der Waals surface area contributed by atoms with Gasteiger partial charge in [-0.15, -0.1) is 0 Å². The average Bonchev–Trinajstić information content (AvgIpc) is 3.30. The lowest BCUT2D eigenvalue weighted by atomic mass is 10.0. The van der Waals surface area contributed by atoms with Crippen molar-refractivity contribution in [2.24, 2.45) is 5.92 Å². The van der Waals surface area contributed by atoms with Crippen molar-refractivity contribution in [3.05, 3.63) is 53.2 Å². The van der Waals surface area contributed by atoms with Crippen molar-refractivity contribution in [3.63, 3.8) is 0 Å². The Morgan fingerprint density at radius 1 is 0.929 bits per heavy atom. The van der Waals surface area contributed by atoms with Crippen LogP contribution in [0.4, 0.5) is 32.0 Å². The van der Waals surface area contributed by atoms with Gasteiger partial charge < -0.3 is 14.5 Å². The maximum absolute atomic E-state index is 14.3. The number of carbonyl (C=O) groups excluding carboxylic acids is 3. The first-order valence-corrected chi connectivity index (χ1v) is 12.7. The highest BCUT2D eigenvalue weighted by molar-refractivity contribution is 6.06. The predicted molar refractivity (Wildman–Crippen MR) is 141 cm³/mol. The average molecular weight is 602 g/mol. The number of aromatic amines is 1. The van der Waals surface area contributed by atoms with Gasteiger partial charge in [-0.2, -0.15) is 26.3 Å². The van der Waals surface area contributed by atoms with Crippen molar-refractivity contribution in [1.29, 1.82) is 0 Å². The summed E-state index contributed by atoms with van der Waals surface area (Å²) in [6, 6.07) is 2.63. The van der Waals surface area contributed by atoms with Crippen LogP contribution < -0.4 is 10.2 Å². The zero-order valence-electron chi connectivity index (χ0n) is 23.5. The predicted octanol–water partition coefficient (Wildman–Crippen LogP) is 7.06. The second kappa shape index (κ2) is 11.9. The SMILES string of the molecule is COC(=O)[C@H](C(=O)C(C)C)N(Nc1cc(C(F)(F)F)c(Oc2ccc3[nH]cc(C(C)C)c3c2)c(C(F)(F)F)c1)C(C)=O. The first-order valence-electron chi connectivity index (χ1n) is 12.7. The topological polar surface area (TPSA) is 101 Å². The number of nitrogens with zero attached hydrogens (tertiary/aromatic N) is 1. The summed E-state index contributed by atoms with van der Waals surface area (Å²) in [6.07, 6.45) is -9.02. The molecule has 1 amide bonds. The minimum Gasteiger partial charge on any atom is -0.467 e. The van der Waals surface area contributed by atoms with E-state index in [1.807, 2.05) is 13.8 Å². The highest BCUT2D eigenvalue weighted by Crippen LogP contribution is 2.48. The molecule has 2 N–H and O–H groups in total. The molecule has 8 nitrogen and oxygen atoms in total. The largest absolute Gasteiger partial charge is 0.467 e. The number of ketones is 1. The summed E-state index contributed by atoms with van der Waals surface area (Å²) in [4.78, 5) is 40.5. The van der Waals surface area contributed by atoms with Crippen LogP contribution in [0.1, 0.15) is 57.2 Å². The molecule has 0 aliphatic heterocycles. The second-order valence-electron chi connectivity index (χ2n) is 10.1. The number of halogens is 6. The Morgan fingerprint density at radius 3 is 1.95 bits per heavy atom. The number of anilines is 1. The summed E-state index contributed by atoms with van der Waals surface area (Å²) < 4.78 is 95.4. The van der Waals surface area contributed by atoms with Crippen LogP contribution >= 0.6 is 0 Å². The van der Waals surface area contributed by atoms with E-state index in [9.17, 15) is 40.7 Å². The molecule has 0 fully saturated rings. The molecule has 0 radical (unpaired) electrons. The third kappa shape index (κ3) is 6.80. The monoisotopic (exact) mass is 601 g/mol. The number of Topliss-reactive ketones (excluding diaryl/α,β-unsaturated/α-hetero) is 1. The van der Waals surface area contributed by atoms with Crippen LogP contribution in [0.5, 0.6) is 11.5 Å². The number of hydrazine groups is 1. The molecule has 0 saturated carbocycles. The van der Waals surface area contributed by atoms with E-state index in [0.29, 0.717) is 28.0 Å². The Kier molecular flexibility index (Phi) is 9.18. The molecule has 1 atom stereocenters. The van der Waals surface area contributed by atoms with Crippen molar-refractivity contribution in [2.45, 2.75) is 58.9 Å². The first kappa shape index (κ1) is 32.3. The number of methoxy groups -OCH3 is 1. The van der Waals surface area contributed by atoms with Gasteiger partial charge in [-0.3, -0.25) is 15.0 Å². The van der Waals surface area contributed by atoms with Gasteiger partial charge in [-0.1, -0.05) is 27.7 Å². The van der Waals surface area contributed by atoms with Crippen molar-refractivity contribution < 1.29 is 50.2 Å². The van der Waals surface area contributed by atoms with Crippen LogP contribution in [0, 0.1) is 5.92 Å².